The molecule has 0 aliphatic rings. The molecule has 0 saturated heterocycles. The van der Waals surface area contributed by atoms with E-state index in [-0.39, 0.29) is 0 Å². The number of fused-ring (bicyclic) bond motifs is 8. The lowest BCUT2D eigenvalue weighted by atomic mass is 9.81. The fraction of sp³-hybridized carbons (Fsp3) is 0. The summed E-state index contributed by atoms with van der Waals surface area (Å²) in [7, 11) is 0. The van der Waals surface area contributed by atoms with Gasteiger partial charge in [0.1, 0.15) is 5.75 Å². The Balaban J connectivity index is 1.45. The third-order valence-corrected chi connectivity index (χ3v) is 12.9. The molecule has 9 aromatic carbocycles. The number of aromatic hydroxyl groups is 28. The van der Waals surface area contributed by atoms with Crippen molar-refractivity contribution in [2.24, 2.45) is 0 Å². The average molecular weight is 1040 g/mol. The molecule has 0 aliphatic heterocycles. The fourth-order valence-corrected chi connectivity index (χ4v) is 9.49. The summed E-state index contributed by atoms with van der Waals surface area (Å²) in [5, 5.41) is 301. The monoisotopic (exact) mass is 1040 g/mol. The van der Waals surface area contributed by atoms with Gasteiger partial charge in [-0.25, -0.2) is 0 Å². The number of phenolic OH excluding ortho intramolecular Hbond substituents is 28. The number of hydrogen-bond acceptors (Lipinski definition) is 29. The minimum Gasteiger partial charge on any atom is -0.506 e. The Hall–Kier alpha value is -11.8. The van der Waals surface area contributed by atoms with Gasteiger partial charge in [0.2, 0.25) is 57.5 Å². The van der Waals surface area contributed by atoms with E-state index in [0.717, 1.165) is 0 Å². The van der Waals surface area contributed by atoms with E-state index in [1.807, 2.05) is 0 Å². The van der Waals surface area contributed by atoms with Gasteiger partial charge in [-0.05, 0) is 0 Å². The Bertz CT molecular complexity index is 4320. The first-order valence-electron chi connectivity index (χ1n) is 20.2. The van der Waals surface area contributed by atoms with Crippen molar-refractivity contribution >= 4 is 65.0 Å². The lowest BCUT2D eigenvalue weighted by Crippen LogP contribution is -1.97. The predicted octanol–water partition coefficient (Wildman–Crippen LogP) is 4.96. The fourth-order valence-electron chi connectivity index (χ4n) is 9.49. The second-order valence-corrected chi connectivity index (χ2v) is 16.5. The topological polar surface area (TPSA) is 580 Å². The zero-order valence-corrected chi connectivity index (χ0v) is 35.9. The highest BCUT2D eigenvalue weighted by molar-refractivity contribution is 6.33. The summed E-state index contributed by atoms with van der Waals surface area (Å²) >= 11 is 0. The van der Waals surface area contributed by atoms with Crippen LogP contribution in [0, 0.1) is 0 Å². The summed E-state index contributed by atoms with van der Waals surface area (Å²) in [4.78, 5) is 0. The Labute approximate surface area is 406 Å². The molecule has 1 aromatic heterocycles. The van der Waals surface area contributed by atoms with Gasteiger partial charge in [-0.15, -0.1) is 0 Å². The maximum atomic E-state index is 12.3. The summed E-state index contributed by atoms with van der Waals surface area (Å²) in [6.45, 7) is 0. The van der Waals surface area contributed by atoms with Crippen LogP contribution >= 0.6 is 0 Å². The molecule has 0 saturated carbocycles. The number of hydrogen-bond donors (Lipinski definition) is 28. The molecule has 29 heteroatoms. The first-order chi connectivity index (χ1) is 35.0. The zero-order valence-electron chi connectivity index (χ0n) is 35.9. The molecule has 0 amide bonds. The van der Waals surface area contributed by atoms with Crippen molar-refractivity contribution in [2.75, 3.05) is 0 Å². The Kier molecular flexibility index (Phi) is 9.01. The third-order valence-electron chi connectivity index (χ3n) is 12.9. The lowest BCUT2D eigenvalue weighted by Gasteiger charge is -2.25. The van der Waals surface area contributed by atoms with Crippen LogP contribution < -0.4 is 0 Å². The van der Waals surface area contributed by atoms with Gasteiger partial charge in [0.25, 0.3) is 0 Å². The molecule has 28 N–H and O–H groups in total. The quantitative estimate of drug-likeness (QED) is 0.0631. The molecule has 29 nitrogen and oxygen atoms in total. The summed E-state index contributed by atoms with van der Waals surface area (Å²) in [6.07, 6.45) is 0. The van der Waals surface area contributed by atoms with Crippen molar-refractivity contribution in [3.05, 3.63) is 0 Å². The van der Waals surface area contributed by atoms with Gasteiger partial charge in [-0.1, -0.05) is 0 Å². The van der Waals surface area contributed by atoms with Crippen molar-refractivity contribution in [2.45, 2.75) is 0 Å². The standard InChI is InChI=1S/C46H28O29/c47-17-9(32(62)44(74)46-15(17)16-33(63)28(58)13-14(45(16)75-46)34(64)43(73)42(72)31(13)61)1-3-5(20(50)38(68)36(66)18(3)48)2(6-4(1)19(49)37(67)39(69)21(6)51)10-24(54)26(56)11(27(57)25(10)55)7-8-12(29(59)35(65)22(7)52)30(60)41(71)40(70)23(8)53/h47-74H. The Morgan fingerprint density at radius 1 is 0.120 bits per heavy atom. The predicted molar refractivity (Wildman–Crippen MR) is 247 cm³/mol. The third kappa shape index (κ3) is 5.20. The number of phenols is 28. The van der Waals surface area contributed by atoms with E-state index in [0.29, 0.717) is 0 Å². The molecular formula is C46H28O29. The van der Waals surface area contributed by atoms with Gasteiger partial charge in [-0.3, -0.25) is 0 Å². The summed E-state index contributed by atoms with van der Waals surface area (Å²) in [5.74, 6) is -46.9. The molecule has 0 unspecified atom stereocenters. The van der Waals surface area contributed by atoms with Crippen LogP contribution in [0.3, 0.4) is 0 Å². The zero-order chi connectivity index (χ0) is 55.3. The first kappa shape index (κ1) is 46.9. The van der Waals surface area contributed by atoms with Gasteiger partial charge < -0.3 is 147 Å². The van der Waals surface area contributed by atoms with Crippen LogP contribution in [0.15, 0.2) is 4.42 Å². The minimum absolute atomic E-state index is 0.981. The van der Waals surface area contributed by atoms with Crippen LogP contribution in [-0.2, 0) is 0 Å². The van der Waals surface area contributed by atoms with Crippen molar-refractivity contribution in [1.29, 1.82) is 0 Å². The molecule has 0 fully saturated rings. The maximum absolute atomic E-state index is 12.3. The van der Waals surface area contributed by atoms with Crippen LogP contribution in [0.4, 0.5) is 0 Å². The van der Waals surface area contributed by atoms with Crippen molar-refractivity contribution in [1.82, 2.24) is 0 Å². The molecular weight excluding hydrogens is 1020 g/mol. The van der Waals surface area contributed by atoms with Crippen LogP contribution in [-0.4, -0.2) is 143 Å². The van der Waals surface area contributed by atoms with Crippen molar-refractivity contribution in [3.8, 4) is 194 Å². The van der Waals surface area contributed by atoms with E-state index in [2.05, 4.69) is 0 Å². The smallest absolute Gasteiger partial charge is 0.205 e. The molecule has 75 heavy (non-hydrogen) atoms. The molecule has 0 spiro atoms. The summed E-state index contributed by atoms with van der Waals surface area (Å²) < 4.78 is 5.56. The van der Waals surface area contributed by atoms with E-state index < -0.39 is 259 Å². The SMILES string of the molecule is Oc1c(O)c(-c2c3c(O)c(O)c(O)c(O)c3c(-c3c(O)c(O)c4oc5c6c(O)c(O)c(O)c(O)c6c(O)c(O)c5c4c3O)c3c(O)c(O)c(O)c(O)c23)c(O)c(O)c1-c1c(O)c(O)c(O)c2c(O)c(O)c(O)c(O)c12. The van der Waals surface area contributed by atoms with Gasteiger partial charge in [0.05, 0.1) is 43.6 Å². The van der Waals surface area contributed by atoms with E-state index in [1.54, 1.807) is 0 Å². The van der Waals surface area contributed by atoms with Crippen LogP contribution in [0.25, 0.3) is 98.4 Å². The van der Waals surface area contributed by atoms with E-state index in [9.17, 15) is 143 Å². The highest BCUT2D eigenvalue weighted by atomic mass is 16.4. The molecule has 0 bridgehead atoms. The van der Waals surface area contributed by atoms with Crippen LogP contribution in [0.5, 0.6) is 161 Å². The van der Waals surface area contributed by atoms with Gasteiger partial charge in [-0.2, -0.15) is 0 Å². The second kappa shape index (κ2) is 14.4. The van der Waals surface area contributed by atoms with E-state index in [1.165, 1.54) is 0 Å². The molecule has 386 valence electrons. The molecule has 0 aliphatic carbocycles. The van der Waals surface area contributed by atoms with Gasteiger partial charge in [0.15, 0.2) is 109 Å². The van der Waals surface area contributed by atoms with Crippen LogP contribution in [0.2, 0.25) is 0 Å². The van der Waals surface area contributed by atoms with Crippen molar-refractivity contribution < 1.29 is 147 Å². The van der Waals surface area contributed by atoms with Gasteiger partial charge in [0, 0.05) is 43.6 Å². The minimum atomic E-state index is -1.92. The number of rotatable bonds is 3. The Morgan fingerprint density at radius 3 is 0.667 bits per heavy atom. The average Bonchev–Trinajstić information content (AvgIpc) is 3.79. The summed E-state index contributed by atoms with van der Waals surface area (Å²) in [5.41, 5.74) is -11.2. The maximum Gasteiger partial charge on any atom is 0.205 e. The van der Waals surface area contributed by atoms with Crippen LogP contribution in [0.1, 0.15) is 0 Å². The van der Waals surface area contributed by atoms with E-state index >= 15 is 0 Å². The molecule has 0 atom stereocenters. The highest BCUT2D eigenvalue weighted by Crippen LogP contribution is 2.70. The molecule has 0 radical (unpaired) electrons. The molecule has 1 heterocycles. The summed E-state index contributed by atoms with van der Waals surface area (Å²) in [6, 6.07) is 0. The van der Waals surface area contributed by atoms with Gasteiger partial charge >= 0.3 is 0 Å². The molecule has 10 rings (SSSR count). The highest BCUT2D eigenvalue weighted by Gasteiger charge is 2.41. The largest absolute Gasteiger partial charge is 0.506 e. The van der Waals surface area contributed by atoms with Crippen molar-refractivity contribution in [3.63, 3.8) is 0 Å². The normalized spacial score (nSPS) is 11.9. The van der Waals surface area contributed by atoms with E-state index in [4.69, 9.17) is 4.42 Å². The first-order valence-corrected chi connectivity index (χ1v) is 20.2. The lowest BCUT2D eigenvalue weighted by molar-refractivity contribution is 0.346. The molecule has 10 aromatic rings. The Morgan fingerprint density at radius 2 is 0.307 bits per heavy atom. The number of furan rings is 1. The number of benzene rings is 9. The second-order valence-electron chi connectivity index (χ2n) is 16.5.